The van der Waals surface area contributed by atoms with Crippen LogP contribution < -0.4 is 5.32 Å². The van der Waals surface area contributed by atoms with E-state index in [9.17, 15) is 18.0 Å². The molecule has 1 rings (SSSR count). The Labute approximate surface area is 114 Å². The summed E-state index contributed by atoms with van der Waals surface area (Å²) in [6, 6.07) is -0.530. The van der Waals surface area contributed by atoms with E-state index in [4.69, 9.17) is 0 Å². The third-order valence-electron chi connectivity index (χ3n) is 2.20. The standard InChI is InChI=1S/C8H14N4O5S2/c1-9-7(14)11(2)12-8(18-5-10-12)19(15,16)4-6(13)17-3/h5,8H,4H2,1-3H3,(H,9,14). The highest BCUT2D eigenvalue weighted by Gasteiger charge is 2.39. The Bertz CT molecular complexity index is 491. The minimum absolute atomic E-state index is 0.530. The molecule has 108 valence electrons. The van der Waals surface area contributed by atoms with Crippen LogP contribution in [0.5, 0.6) is 0 Å². The van der Waals surface area contributed by atoms with Gasteiger partial charge in [-0.05, 0) is 0 Å². The van der Waals surface area contributed by atoms with Crippen molar-refractivity contribution in [3.63, 3.8) is 0 Å². The number of methoxy groups -OCH3 is 1. The topological polar surface area (TPSA) is 108 Å². The van der Waals surface area contributed by atoms with E-state index < -0.39 is 32.3 Å². The fourth-order valence-electron chi connectivity index (χ4n) is 1.23. The quantitative estimate of drug-likeness (QED) is 0.666. The molecule has 1 heterocycles. The maximum Gasteiger partial charge on any atom is 0.337 e. The van der Waals surface area contributed by atoms with Crippen molar-refractivity contribution in [2.75, 3.05) is 27.0 Å². The number of hydrazone groups is 1. The third kappa shape index (κ3) is 3.50. The van der Waals surface area contributed by atoms with E-state index in [1.165, 1.54) is 19.6 Å². The van der Waals surface area contributed by atoms with Crippen LogP contribution in [0.3, 0.4) is 0 Å². The second-order valence-electron chi connectivity index (χ2n) is 3.45. The Morgan fingerprint density at radius 2 is 2.21 bits per heavy atom. The molecular formula is C8H14N4O5S2. The predicted molar refractivity (Wildman–Crippen MR) is 69.7 cm³/mol. The molecule has 0 saturated carbocycles. The first-order valence-corrected chi connectivity index (χ1v) is 7.70. The van der Waals surface area contributed by atoms with Gasteiger partial charge < -0.3 is 10.1 Å². The smallest absolute Gasteiger partial charge is 0.337 e. The number of nitrogens with one attached hydrogen (secondary N) is 1. The van der Waals surface area contributed by atoms with Crippen LogP contribution in [-0.4, -0.2) is 67.8 Å². The SMILES string of the molecule is CNC(=O)N(C)N1N=CSC1S(=O)(=O)CC(=O)OC. The molecule has 0 aromatic rings. The van der Waals surface area contributed by atoms with Gasteiger partial charge in [-0.15, -0.1) is 0 Å². The number of hydrogen-bond acceptors (Lipinski definition) is 8. The average molecular weight is 310 g/mol. The van der Waals surface area contributed by atoms with E-state index in [1.54, 1.807) is 0 Å². The number of hydrazine groups is 1. The third-order valence-corrected chi connectivity index (χ3v) is 5.49. The number of thioether (sulfide) groups is 1. The minimum atomic E-state index is -3.84. The fourth-order valence-corrected chi connectivity index (χ4v) is 3.90. The maximum atomic E-state index is 12.0. The molecule has 0 spiro atoms. The van der Waals surface area contributed by atoms with Gasteiger partial charge in [0.1, 0.15) is 0 Å². The Kier molecular flexibility index (Phi) is 5.00. The highest BCUT2D eigenvalue weighted by molar-refractivity contribution is 8.21. The van der Waals surface area contributed by atoms with E-state index >= 15 is 0 Å². The molecule has 0 aliphatic carbocycles. The maximum absolute atomic E-state index is 12.0. The van der Waals surface area contributed by atoms with Crippen molar-refractivity contribution in [2.24, 2.45) is 5.10 Å². The number of carbonyl (C=O) groups excluding carboxylic acids is 2. The van der Waals surface area contributed by atoms with Gasteiger partial charge in [0, 0.05) is 14.1 Å². The number of carbonyl (C=O) groups is 2. The van der Waals surface area contributed by atoms with Crippen molar-refractivity contribution < 1.29 is 22.7 Å². The van der Waals surface area contributed by atoms with E-state index in [0.717, 1.165) is 29.0 Å². The zero-order valence-corrected chi connectivity index (χ0v) is 12.2. The van der Waals surface area contributed by atoms with E-state index in [-0.39, 0.29) is 0 Å². The normalized spacial score (nSPS) is 18.3. The van der Waals surface area contributed by atoms with E-state index in [0.29, 0.717) is 0 Å². The molecule has 9 nitrogen and oxygen atoms in total. The molecule has 0 fully saturated rings. The Balaban J connectivity index is 2.89. The van der Waals surface area contributed by atoms with Crippen molar-refractivity contribution in [2.45, 2.75) is 4.71 Å². The molecule has 1 atom stereocenters. The summed E-state index contributed by atoms with van der Waals surface area (Å²) in [5.41, 5.74) is 1.29. The summed E-state index contributed by atoms with van der Waals surface area (Å²) >= 11 is 0.883. The summed E-state index contributed by atoms with van der Waals surface area (Å²) in [6.07, 6.45) is 0. The molecule has 1 unspecified atom stereocenters. The summed E-state index contributed by atoms with van der Waals surface area (Å²) in [7, 11) is 0.0324. The first kappa shape index (κ1) is 15.6. The van der Waals surface area contributed by atoms with Crippen LogP contribution >= 0.6 is 11.8 Å². The molecule has 1 aliphatic heterocycles. The molecule has 1 aliphatic rings. The Hall–Kier alpha value is -1.49. The van der Waals surface area contributed by atoms with Crippen LogP contribution in [0.1, 0.15) is 0 Å². The van der Waals surface area contributed by atoms with Crippen molar-refractivity contribution in [1.82, 2.24) is 15.4 Å². The zero-order valence-electron chi connectivity index (χ0n) is 10.6. The fraction of sp³-hybridized carbons (Fsp3) is 0.625. The lowest BCUT2D eigenvalue weighted by atomic mass is 10.8. The van der Waals surface area contributed by atoms with Gasteiger partial charge in [0.15, 0.2) is 15.6 Å². The molecule has 1 N–H and O–H groups in total. The van der Waals surface area contributed by atoms with Gasteiger partial charge in [0.25, 0.3) is 0 Å². The molecule has 2 amide bonds. The van der Waals surface area contributed by atoms with Crippen molar-refractivity contribution in [3.05, 3.63) is 0 Å². The van der Waals surface area contributed by atoms with Gasteiger partial charge in [-0.2, -0.15) is 10.2 Å². The largest absolute Gasteiger partial charge is 0.468 e. The van der Waals surface area contributed by atoms with Gasteiger partial charge in [0.2, 0.25) is 4.71 Å². The molecule has 19 heavy (non-hydrogen) atoms. The number of hydrogen-bond donors (Lipinski definition) is 1. The van der Waals surface area contributed by atoms with Crippen LogP contribution in [0, 0.1) is 0 Å². The zero-order chi connectivity index (χ0) is 14.6. The Morgan fingerprint density at radius 1 is 1.58 bits per heavy atom. The van der Waals surface area contributed by atoms with Gasteiger partial charge in [-0.3, -0.25) is 4.79 Å². The second-order valence-corrected chi connectivity index (χ2v) is 6.74. The van der Waals surface area contributed by atoms with Crippen LogP contribution in [0.4, 0.5) is 4.79 Å². The molecule has 0 saturated heterocycles. The number of nitrogens with zero attached hydrogens (tertiary/aromatic N) is 3. The van der Waals surface area contributed by atoms with Crippen LogP contribution in [0.15, 0.2) is 5.10 Å². The second kappa shape index (κ2) is 6.10. The average Bonchev–Trinajstić information content (AvgIpc) is 2.86. The minimum Gasteiger partial charge on any atom is -0.468 e. The lowest BCUT2D eigenvalue weighted by Crippen LogP contribution is -2.50. The van der Waals surface area contributed by atoms with Crippen LogP contribution in [0.25, 0.3) is 0 Å². The number of ether oxygens (including phenoxy) is 1. The van der Waals surface area contributed by atoms with Gasteiger partial charge in [-0.25, -0.2) is 18.2 Å². The first-order chi connectivity index (χ1) is 8.83. The van der Waals surface area contributed by atoms with E-state index in [1.807, 2.05) is 0 Å². The molecule has 0 bridgehead atoms. The molecule has 0 radical (unpaired) electrons. The first-order valence-electron chi connectivity index (χ1n) is 5.04. The number of rotatable bonds is 4. The predicted octanol–water partition coefficient (Wildman–Crippen LogP) is -0.964. The summed E-state index contributed by atoms with van der Waals surface area (Å²) in [4.78, 5) is 22.5. The highest BCUT2D eigenvalue weighted by atomic mass is 32.3. The molecule has 0 aromatic heterocycles. The number of amides is 2. The van der Waals surface area contributed by atoms with Crippen LogP contribution in [-0.2, 0) is 19.4 Å². The molecular weight excluding hydrogens is 296 g/mol. The summed E-state index contributed by atoms with van der Waals surface area (Å²) in [5, 5.41) is 8.13. The van der Waals surface area contributed by atoms with Crippen molar-refractivity contribution in [1.29, 1.82) is 0 Å². The van der Waals surface area contributed by atoms with Gasteiger partial charge >= 0.3 is 12.0 Å². The Morgan fingerprint density at radius 3 is 2.74 bits per heavy atom. The monoisotopic (exact) mass is 310 g/mol. The lowest BCUT2D eigenvalue weighted by Gasteiger charge is -2.29. The summed E-state index contributed by atoms with van der Waals surface area (Å²) in [6.45, 7) is 0. The van der Waals surface area contributed by atoms with Gasteiger partial charge in [-0.1, -0.05) is 11.8 Å². The highest BCUT2D eigenvalue weighted by Crippen LogP contribution is 2.27. The number of urea groups is 1. The number of esters is 1. The van der Waals surface area contributed by atoms with Crippen LogP contribution in [0.2, 0.25) is 0 Å². The van der Waals surface area contributed by atoms with Gasteiger partial charge in [0.05, 0.1) is 12.7 Å². The molecule has 0 aromatic carbocycles. The van der Waals surface area contributed by atoms with Crippen molar-refractivity contribution >= 4 is 39.1 Å². The van der Waals surface area contributed by atoms with E-state index in [2.05, 4.69) is 15.2 Å². The summed E-state index contributed by atoms with van der Waals surface area (Å²) in [5.74, 6) is -1.64. The molecule has 11 heteroatoms. The number of sulfone groups is 1. The van der Waals surface area contributed by atoms with Crippen molar-refractivity contribution in [3.8, 4) is 0 Å². The lowest BCUT2D eigenvalue weighted by molar-refractivity contribution is -0.137. The summed E-state index contributed by atoms with van der Waals surface area (Å²) < 4.78 is 27.2.